The summed E-state index contributed by atoms with van der Waals surface area (Å²) in [6.45, 7) is 0. The van der Waals surface area contributed by atoms with E-state index in [9.17, 15) is 4.57 Å². The van der Waals surface area contributed by atoms with Crippen molar-refractivity contribution in [1.82, 2.24) is 0 Å². The van der Waals surface area contributed by atoms with Gasteiger partial charge in [-0.15, -0.1) is 0 Å². The molecular formula is C6H13O4PSi2. The second-order valence-electron chi connectivity index (χ2n) is 2.29. The minimum Gasteiger partial charge on any atom is -0.471 e. The third kappa shape index (κ3) is 5.92. The molecule has 0 amide bonds. The second-order valence-corrected chi connectivity index (χ2v) is 7.16. The van der Waals surface area contributed by atoms with Gasteiger partial charge in [0, 0.05) is 0 Å². The van der Waals surface area contributed by atoms with Crippen LogP contribution in [0.15, 0.2) is 30.3 Å². The van der Waals surface area contributed by atoms with Gasteiger partial charge >= 0.3 is 7.60 Å². The Labute approximate surface area is 83.2 Å². The summed E-state index contributed by atoms with van der Waals surface area (Å²) in [6.07, 6.45) is 0. The molecule has 0 saturated heterocycles. The van der Waals surface area contributed by atoms with Gasteiger partial charge in [-0.3, -0.25) is 4.57 Å². The van der Waals surface area contributed by atoms with E-state index in [-0.39, 0.29) is 5.30 Å². The lowest BCUT2D eigenvalue weighted by Crippen LogP contribution is -2.01. The van der Waals surface area contributed by atoms with Crippen LogP contribution in [0.3, 0.4) is 0 Å². The molecule has 4 nitrogen and oxygen atoms in total. The molecule has 0 heterocycles. The quantitative estimate of drug-likeness (QED) is 0.439. The Balaban J connectivity index is 0.000000424. The highest BCUT2D eigenvalue weighted by Crippen LogP contribution is 2.32. The molecule has 7 heteroatoms. The summed E-state index contributed by atoms with van der Waals surface area (Å²) < 4.78 is 15.1. The lowest BCUT2D eigenvalue weighted by molar-refractivity contribution is 0.387. The predicted octanol–water partition coefficient (Wildman–Crippen LogP) is -1.95. The predicted molar refractivity (Wildman–Crippen MR) is 59.1 cm³/mol. The highest BCUT2D eigenvalue weighted by atomic mass is 31.2. The van der Waals surface area contributed by atoms with E-state index < -0.39 is 7.60 Å². The van der Waals surface area contributed by atoms with Crippen molar-refractivity contribution in [2.24, 2.45) is 0 Å². The Morgan fingerprint density at radius 1 is 1.15 bits per heavy atom. The summed E-state index contributed by atoms with van der Waals surface area (Å²) in [6, 6.07) is 7.70. The number of hydrogen-bond acceptors (Lipinski definition) is 2. The van der Waals surface area contributed by atoms with E-state index in [1.165, 1.54) is 12.1 Å². The fourth-order valence-electron chi connectivity index (χ4n) is 0.622. The van der Waals surface area contributed by atoms with E-state index in [4.69, 9.17) is 9.79 Å². The monoisotopic (exact) mass is 236 g/mol. The van der Waals surface area contributed by atoms with E-state index in [0.29, 0.717) is 0 Å². The molecular weight excluding hydrogens is 223 g/mol. The van der Waals surface area contributed by atoms with Gasteiger partial charge in [0.25, 0.3) is 0 Å². The Bertz CT molecular complexity index is 273. The molecule has 0 aliphatic carbocycles. The molecule has 0 aliphatic rings. The van der Waals surface area contributed by atoms with E-state index in [0.717, 1.165) is 21.0 Å². The van der Waals surface area contributed by atoms with E-state index in [1.807, 2.05) is 0 Å². The Kier molecular flexibility index (Phi) is 6.14. The van der Waals surface area contributed by atoms with Crippen molar-refractivity contribution in [3.63, 3.8) is 0 Å². The number of hydrogen-bond donors (Lipinski definition) is 2. The van der Waals surface area contributed by atoms with Gasteiger partial charge < -0.3 is 13.9 Å². The van der Waals surface area contributed by atoms with Crippen molar-refractivity contribution >= 4 is 33.9 Å². The van der Waals surface area contributed by atoms with Crippen LogP contribution in [0.1, 0.15) is 0 Å². The van der Waals surface area contributed by atoms with Crippen molar-refractivity contribution in [1.29, 1.82) is 0 Å². The SMILES string of the molecule is O=P(O)(O)c1ccccc1.[SiH3]O[SiH3]. The molecule has 0 saturated carbocycles. The first kappa shape index (κ1) is 12.8. The average molecular weight is 236 g/mol. The van der Waals surface area contributed by atoms with E-state index in [1.54, 1.807) is 18.2 Å². The molecule has 0 bridgehead atoms. The highest BCUT2D eigenvalue weighted by Gasteiger charge is 2.14. The molecule has 0 atom stereocenters. The van der Waals surface area contributed by atoms with Crippen molar-refractivity contribution in [3.8, 4) is 0 Å². The summed E-state index contributed by atoms with van der Waals surface area (Å²) in [5.41, 5.74) is 0. The fourth-order valence-corrected chi connectivity index (χ4v) is 1.18. The molecule has 0 spiro atoms. The van der Waals surface area contributed by atoms with Crippen molar-refractivity contribution in [3.05, 3.63) is 30.3 Å². The molecule has 1 rings (SSSR count). The van der Waals surface area contributed by atoms with Crippen LogP contribution in [0.2, 0.25) is 0 Å². The van der Waals surface area contributed by atoms with Gasteiger partial charge in [0.1, 0.15) is 21.0 Å². The molecule has 0 unspecified atom stereocenters. The molecule has 0 radical (unpaired) electrons. The average Bonchev–Trinajstić information content (AvgIpc) is 2.06. The van der Waals surface area contributed by atoms with Gasteiger partial charge in [-0.05, 0) is 12.1 Å². The maximum Gasteiger partial charge on any atom is 0.356 e. The lowest BCUT2D eigenvalue weighted by Gasteiger charge is -2.00. The zero-order chi connectivity index (χ0) is 10.3. The standard InChI is InChI=1S/C6H7O3P.H6OSi2/c7-10(8,9)6-4-2-1-3-5-6;2-1-3/h1-5H,(H2,7,8,9);2-3H3. The zero-order valence-corrected chi connectivity index (χ0v) is 12.4. The van der Waals surface area contributed by atoms with Gasteiger partial charge in [0.15, 0.2) is 0 Å². The number of rotatable bonds is 1. The van der Waals surface area contributed by atoms with Crippen molar-refractivity contribution in [2.75, 3.05) is 0 Å². The van der Waals surface area contributed by atoms with Gasteiger partial charge in [0.05, 0.1) is 5.30 Å². The summed E-state index contributed by atoms with van der Waals surface area (Å²) in [5, 5.41) is 0.0648. The molecule has 0 aliphatic heterocycles. The zero-order valence-electron chi connectivity index (χ0n) is 7.54. The van der Waals surface area contributed by atoms with Gasteiger partial charge in [-0.25, -0.2) is 0 Å². The third-order valence-corrected chi connectivity index (χ3v) is 2.06. The van der Waals surface area contributed by atoms with E-state index in [2.05, 4.69) is 4.12 Å². The normalized spacial score (nSPS) is 10.6. The third-order valence-electron chi connectivity index (χ3n) is 1.09. The summed E-state index contributed by atoms with van der Waals surface area (Å²) >= 11 is 0. The van der Waals surface area contributed by atoms with Gasteiger partial charge in [-0.1, -0.05) is 18.2 Å². The molecule has 13 heavy (non-hydrogen) atoms. The fraction of sp³-hybridized carbons (Fsp3) is 0. The Morgan fingerprint density at radius 3 is 1.77 bits per heavy atom. The molecule has 1 aromatic carbocycles. The molecule has 74 valence electrons. The van der Waals surface area contributed by atoms with Gasteiger partial charge in [0.2, 0.25) is 0 Å². The molecule has 2 N–H and O–H groups in total. The van der Waals surface area contributed by atoms with Crippen molar-refractivity contribution in [2.45, 2.75) is 0 Å². The first-order valence-electron chi connectivity index (χ1n) is 3.53. The minimum absolute atomic E-state index is 0.0648. The van der Waals surface area contributed by atoms with Crippen LogP contribution in [0.5, 0.6) is 0 Å². The topological polar surface area (TPSA) is 66.8 Å². The molecule has 0 aromatic heterocycles. The maximum absolute atomic E-state index is 10.5. The highest BCUT2D eigenvalue weighted by molar-refractivity contribution is 7.60. The Morgan fingerprint density at radius 2 is 1.54 bits per heavy atom. The smallest absolute Gasteiger partial charge is 0.356 e. The lowest BCUT2D eigenvalue weighted by atomic mass is 10.4. The van der Waals surface area contributed by atoms with Crippen molar-refractivity contribution < 1.29 is 18.5 Å². The van der Waals surface area contributed by atoms with Crippen LogP contribution in [-0.2, 0) is 8.68 Å². The first-order chi connectivity index (χ1) is 6.02. The van der Waals surface area contributed by atoms with E-state index >= 15 is 0 Å². The molecule has 0 fully saturated rings. The van der Waals surface area contributed by atoms with Crippen LogP contribution in [0.4, 0.5) is 0 Å². The maximum atomic E-state index is 10.5. The largest absolute Gasteiger partial charge is 0.471 e. The Hall–Kier alpha value is -0.236. The van der Waals surface area contributed by atoms with Crippen LogP contribution in [0.25, 0.3) is 0 Å². The van der Waals surface area contributed by atoms with Crippen LogP contribution in [0, 0.1) is 0 Å². The summed E-state index contributed by atoms with van der Waals surface area (Å²) in [7, 11) is -2.16. The summed E-state index contributed by atoms with van der Waals surface area (Å²) in [4.78, 5) is 17.2. The second kappa shape index (κ2) is 6.25. The minimum atomic E-state index is -4.02. The van der Waals surface area contributed by atoms with Gasteiger partial charge in [-0.2, -0.15) is 0 Å². The van der Waals surface area contributed by atoms with Crippen LogP contribution >= 0.6 is 7.60 Å². The molecule has 1 aromatic rings. The first-order valence-corrected chi connectivity index (χ1v) is 6.78. The van der Waals surface area contributed by atoms with Crippen LogP contribution in [-0.4, -0.2) is 30.8 Å². The number of benzene rings is 1. The van der Waals surface area contributed by atoms with Crippen LogP contribution < -0.4 is 5.30 Å². The summed E-state index contributed by atoms with van der Waals surface area (Å²) in [5.74, 6) is 0.